The predicted molar refractivity (Wildman–Crippen MR) is 117 cm³/mol. The summed E-state index contributed by atoms with van der Waals surface area (Å²) in [6.07, 6.45) is 7.76. The molecule has 30 heavy (non-hydrogen) atoms. The second-order valence-electron chi connectivity index (χ2n) is 7.46. The quantitative estimate of drug-likeness (QED) is 0.268. The summed E-state index contributed by atoms with van der Waals surface area (Å²) in [4.78, 5) is 17.4. The van der Waals surface area contributed by atoms with Gasteiger partial charge in [-0.1, -0.05) is 11.6 Å². The fourth-order valence-electron chi connectivity index (χ4n) is 3.91. The van der Waals surface area contributed by atoms with Gasteiger partial charge in [-0.25, -0.2) is 14.5 Å². The lowest BCUT2D eigenvalue weighted by Crippen LogP contribution is -1.98. The van der Waals surface area contributed by atoms with Crippen LogP contribution in [0, 0.1) is 0 Å². The lowest BCUT2D eigenvalue weighted by Gasteiger charge is -2.03. The molecule has 1 aliphatic carbocycles. The Kier molecular flexibility index (Phi) is 5.08. The molecule has 1 aromatic carbocycles. The van der Waals surface area contributed by atoms with Crippen molar-refractivity contribution in [2.45, 2.75) is 45.6 Å². The van der Waals surface area contributed by atoms with Gasteiger partial charge in [0.2, 0.25) is 0 Å². The van der Waals surface area contributed by atoms with Crippen LogP contribution in [0.2, 0.25) is 0 Å². The Bertz CT molecular complexity index is 1230. The largest absolute Gasteiger partial charge is 0.497 e. The highest BCUT2D eigenvalue weighted by Gasteiger charge is 2.20. The zero-order chi connectivity index (χ0) is 20.5. The van der Waals surface area contributed by atoms with Crippen molar-refractivity contribution in [3.8, 4) is 5.75 Å². The van der Waals surface area contributed by atoms with E-state index in [4.69, 9.17) is 14.6 Å². The molecular weight excluding hydrogens is 398 g/mol. The number of nitrogens with zero attached hydrogens (tertiary/aromatic N) is 5. The molecule has 7 nitrogen and oxygen atoms in total. The van der Waals surface area contributed by atoms with Gasteiger partial charge in [-0.3, -0.25) is 0 Å². The van der Waals surface area contributed by atoms with Crippen molar-refractivity contribution in [1.29, 1.82) is 0 Å². The lowest BCUT2D eigenvalue weighted by molar-refractivity contribution is 0.125. The summed E-state index contributed by atoms with van der Waals surface area (Å²) in [6.45, 7) is 2.12. The summed E-state index contributed by atoms with van der Waals surface area (Å²) < 4.78 is 6.95. The Morgan fingerprint density at radius 1 is 1.17 bits per heavy atom. The van der Waals surface area contributed by atoms with Crippen LogP contribution in [0.4, 0.5) is 0 Å². The van der Waals surface area contributed by atoms with Crippen molar-refractivity contribution >= 4 is 32.9 Å². The summed E-state index contributed by atoms with van der Waals surface area (Å²) in [5.74, 6) is 1.41. The van der Waals surface area contributed by atoms with Gasteiger partial charge in [0.1, 0.15) is 16.9 Å². The Balaban J connectivity index is 1.38. The summed E-state index contributed by atoms with van der Waals surface area (Å²) >= 11 is 1.80. The third-order valence-corrected chi connectivity index (χ3v) is 6.69. The van der Waals surface area contributed by atoms with Crippen molar-refractivity contribution in [3.63, 3.8) is 0 Å². The van der Waals surface area contributed by atoms with E-state index in [2.05, 4.69) is 15.2 Å². The normalized spacial score (nSPS) is 14.7. The van der Waals surface area contributed by atoms with Crippen LogP contribution in [0.5, 0.6) is 5.75 Å². The molecule has 0 saturated heterocycles. The predicted octanol–water partition coefficient (Wildman–Crippen LogP) is 4.56. The monoisotopic (exact) mass is 421 g/mol. The van der Waals surface area contributed by atoms with Crippen LogP contribution in [-0.4, -0.2) is 32.4 Å². The molecule has 0 unspecified atom stereocenters. The number of hydrogen-bond donors (Lipinski definition) is 0. The summed E-state index contributed by atoms with van der Waals surface area (Å²) in [6, 6.07) is 7.71. The molecule has 3 aromatic heterocycles. The van der Waals surface area contributed by atoms with E-state index >= 15 is 0 Å². The molecule has 0 bridgehead atoms. The van der Waals surface area contributed by atoms with Crippen LogP contribution >= 0.6 is 11.3 Å². The van der Waals surface area contributed by atoms with E-state index in [1.54, 1.807) is 29.3 Å². The molecule has 0 radical (unpaired) electrons. The van der Waals surface area contributed by atoms with E-state index in [-0.39, 0.29) is 6.61 Å². The van der Waals surface area contributed by atoms with Crippen molar-refractivity contribution in [1.82, 2.24) is 19.6 Å². The minimum Gasteiger partial charge on any atom is -0.497 e. The zero-order valence-electron chi connectivity index (χ0n) is 17.1. The summed E-state index contributed by atoms with van der Waals surface area (Å²) in [5.41, 5.74) is 4.05. The van der Waals surface area contributed by atoms with Gasteiger partial charge in [-0.15, -0.1) is 16.4 Å². The van der Waals surface area contributed by atoms with Crippen molar-refractivity contribution < 1.29 is 9.57 Å². The molecule has 0 atom stereocenters. The van der Waals surface area contributed by atoms with Gasteiger partial charge < -0.3 is 9.57 Å². The van der Waals surface area contributed by atoms with Crippen LogP contribution in [-0.2, 0) is 24.3 Å². The van der Waals surface area contributed by atoms with Crippen molar-refractivity contribution in [3.05, 3.63) is 52.4 Å². The first kappa shape index (κ1) is 19.0. The van der Waals surface area contributed by atoms with E-state index < -0.39 is 0 Å². The molecule has 0 saturated carbocycles. The molecule has 0 spiro atoms. The first-order valence-electron chi connectivity index (χ1n) is 10.2. The average Bonchev–Trinajstić information content (AvgIpc) is 3.26. The number of fused-ring (bicyclic) bond motifs is 5. The maximum Gasteiger partial charge on any atom is 0.192 e. The maximum atomic E-state index is 5.55. The Labute approximate surface area is 178 Å². The Morgan fingerprint density at radius 3 is 2.83 bits per heavy atom. The molecule has 0 fully saturated rings. The van der Waals surface area contributed by atoms with E-state index in [9.17, 15) is 0 Å². The highest BCUT2D eigenvalue weighted by molar-refractivity contribution is 7.19. The molecule has 154 valence electrons. The van der Waals surface area contributed by atoms with E-state index in [0.29, 0.717) is 5.82 Å². The molecule has 0 aliphatic heterocycles. The minimum absolute atomic E-state index is 0.211. The molecule has 0 amide bonds. The number of rotatable bonds is 5. The number of oxime groups is 1. The second kappa shape index (κ2) is 8.02. The molecular formula is C22H23N5O2S. The fourth-order valence-corrected chi connectivity index (χ4v) is 5.13. The highest BCUT2D eigenvalue weighted by atomic mass is 32.1. The Morgan fingerprint density at radius 2 is 2.00 bits per heavy atom. The average molecular weight is 422 g/mol. The van der Waals surface area contributed by atoms with Gasteiger partial charge in [-0.2, -0.15) is 0 Å². The van der Waals surface area contributed by atoms with Gasteiger partial charge in [0.15, 0.2) is 18.1 Å². The fraction of sp³-hybridized carbons (Fsp3) is 0.364. The smallest absolute Gasteiger partial charge is 0.192 e. The standard InChI is InChI=1S/C22H23N5O2S/c1-14(15-8-10-16(28-2)11-9-15)26-29-12-19-24-21-20-17-6-4-3-5-7-18(17)30-22(20)23-13-27(21)25-19/h8-11,13H,3-7,12H2,1-2H3/b26-14-. The lowest BCUT2D eigenvalue weighted by atomic mass is 10.1. The number of benzene rings is 1. The third kappa shape index (κ3) is 3.52. The van der Waals surface area contributed by atoms with E-state index in [1.165, 1.54) is 29.7 Å². The van der Waals surface area contributed by atoms with E-state index in [0.717, 1.165) is 45.7 Å². The van der Waals surface area contributed by atoms with Gasteiger partial charge in [0.25, 0.3) is 0 Å². The summed E-state index contributed by atoms with van der Waals surface area (Å²) in [5, 5.41) is 9.93. The first-order valence-corrected chi connectivity index (χ1v) is 11.0. The molecule has 5 rings (SSSR count). The summed E-state index contributed by atoms with van der Waals surface area (Å²) in [7, 11) is 1.65. The molecule has 3 heterocycles. The van der Waals surface area contributed by atoms with E-state index in [1.807, 2.05) is 31.2 Å². The SMILES string of the molecule is COc1ccc(/C(C)=N\OCc2nc3c4c5c(sc4ncn3n2)CCCCC5)cc1. The topological polar surface area (TPSA) is 73.9 Å². The van der Waals surface area contributed by atoms with Crippen molar-refractivity contribution in [2.24, 2.45) is 5.16 Å². The number of ether oxygens (including phenoxy) is 1. The van der Waals surface area contributed by atoms with Gasteiger partial charge in [0.05, 0.1) is 18.2 Å². The number of methoxy groups -OCH3 is 1. The van der Waals surface area contributed by atoms with Gasteiger partial charge in [-0.05, 0) is 68.0 Å². The van der Waals surface area contributed by atoms with Crippen LogP contribution in [0.1, 0.15) is 48.0 Å². The minimum atomic E-state index is 0.211. The van der Waals surface area contributed by atoms with Gasteiger partial charge in [0, 0.05) is 4.88 Å². The zero-order valence-corrected chi connectivity index (χ0v) is 17.9. The van der Waals surface area contributed by atoms with Crippen molar-refractivity contribution in [2.75, 3.05) is 7.11 Å². The molecule has 8 heteroatoms. The van der Waals surface area contributed by atoms with Crippen LogP contribution in [0.25, 0.3) is 15.9 Å². The van der Waals surface area contributed by atoms with Gasteiger partial charge >= 0.3 is 0 Å². The van der Waals surface area contributed by atoms with Crippen LogP contribution in [0.3, 0.4) is 0 Å². The molecule has 0 N–H and O–H groups in total. The van der Waals surface area contributed by atoms with Crippen LogP contribution in [0.15, 0.2) is 35.7 Å². The Hall–Kier alpha value is -3.00. The first-order chi connectivity index (χ1) is 14.7. The second-order valence-corrected chi connectivity index (χ2v) is 8.55. The van der Waals surface area contributed by atoms with Crippen LogP contribution < -0.4 is 4.74 Å². The number of hydrogen-bond acceptors (Lipinski definition) is 7. The molecule has 1 aliphatic rings. The highest BCUT2D eigenvalue weighted by Crippen LogP contribution is 2.36. The third-order valence-electron chi connectivity index (χ3n) is 5.49. The molecule has 4 aromatic rings. The number of thiophene rings is 1. The number of aryl methyl sites for hydroxylation is 2. The number of aromatic nitrogens is 4. The maximum absolute atomic E-state index is 5.55.